The molecule has 19 heavy (non-hydrogen) atoms. The van der Waals surface area contributed by atoms with Crippen LogP contribution < -0.4 is 10.1 Å². The van der Waals surface area contributed by atoms with E-state index in [2.05, 4.69) is 27.4 Å². The van der Waals surface area contributed by atoms with Crippen LogP contribution in [0.15, 0.2) is 22.7 Å². The summed E-state index contributed by atoms with van der Waals surface area (Å²) in [5.41, 5.74) is 0.995. The second-order valence-corrected chi connectivity index (χ2v) is 4.17. The number of pyridine rings is 1. The van der Waals surface area contributed by atoms with Gasteiger partial charge in [0, 0.05) is 13.5 Å². The monoisotopic (exact) mass is 262 g/mol. The Kier molecular flexibility index (Phi) is 4.85. The van der Waals surface area contributed by atoms with Crippen molar-refractivity contribution in [3.63, 3.8) is 0 Å². The molecule has 0 unspecified atom stereocenters. The van der Waals surface area contributed by atoms with E-state index in [9.17, 15) is 0 Å². The number of nitrogens with zero attached hydrogens (tertiary/aromatic N) is 3. The molecule has 0 aliphatic carbocycles. The number of aryl methyl sites for hydroxylation is 1. The van der Waals surface area contributed by atoms with E-state index in [-0.39, 0.29) is 6.61 Å². The summed E-state index contributed by atoms with van der Waals surface area (Å²) in [7, 11) is 0. The van der Waals surface area contributed by atoms with Gasteiger partial charge in [0.25, 0.3) is 5.89 Å². The number of ether oxygens (including phenoxy) is 1. The minimum absolute atomic E-state index is 0.260. The maximum absolute atomic E-state index is 5.51. The lowest BCUT2D eigenvalue weighted by molar-refractivity contribution is 0.259. The van der Waals surface area contributed by atoms with Crippen molar-refractivity contribution in [2.24, 2.45) is 0 Å². The van der Waals surface area contributed by atoms with Crippen molar-refractivity contribution < 1.29 is 9.15 Å². The van der Waals surface area contributed by atoms with Crippen LogP contribution in [0.2, 0.25) is 0 Å². The highest BCUT2D eigenvalue weighted by Gasteiger charge is 2.03. The molecule has 1 N–H and O–H groups in total. The first-order valence-corrected chi connectivity index (χ1v) is 6.35. The van der Waals surface area contributed by atoms with Crippen LogP contribution in [-0.4, -0.2) is 21.7 Å². The molecule has 6 heteroatoms. The molecule has 6 nitrogen and oxygen atoms in total. The average Bonchev–Trinajstić information content (AvgIpc) is 2.84. The second kappa shape index (κ2) is 6.84. The van der Waals surface area contributed by atoms with Gasteiger partial charge >= 0.3 is 0 Å². The zero-order valence-electron chi connectivity index (χ0n) is 11.2. The molecule has 0 atom stereocenters. The third-order valence-corrected chi connectivity index (χ3v) is 2.46. The zero-order valence-corrected chi connectivity index (χ0v) is 11.2. The molecule has 2 aromatic heterocycles. The van der Waals surface area contributed by atoms with Crippen molar-refractivity contribution in [1.29, 1.82) is 0 Å². The fraction of sp³-hybridized carbons (Fsp3) is 0.462. The van der Waals surface area contributed by atoms with Crippen LogP contribution in [0, 0.1) is 6.92 Å². The van der Waals surface area contributed by atoms with Gasteiger partial charge in [0.1, 0.15) is 5.75 Å². The van der Waals surface area contributed by atoms with Gasteiger partial charge in [-0.1, -0.05) is 6.92 Å². The van der Waals surface area contributed by atoms with E-state index < -0.39 is 0 Å². The first kappa shape index (κ1) is 13.5. The number of hydrogen-bond acceptors (Lipinski definition) is 6. The van der Waals surface area contributed by atoms with Gasteiger partial charge in [-0.2, -0.15) is 0 Å². The van der Waals surface area contributed by atoms with Gasteiger partial charge in [0.05, 0.1) is 11.9 Å². The Morgan fingerprint density at radius 1 is 1.32 bits per heavy atom. The summed E-state index contributed by atoms with van der Waals surface area (Å²) >= 11 is 0. The van der Waals surface area contributed by atoms with Crippen molar-refractivity contribution in [2.45, 2.75) is 33.4 Å². The fourth-order valence-electron chi connectivity index (χ4n) is 1.54. The molecule has 2 aromatic rings. The molecule has 0 aliphatic heterocycles. The predicted octanol–water partition coefficient (Wildman–Crippen LogP) is 1.85. The molecule has 0 saturated heterocycles. The highest BCUT2D eigenvalue weighted by Crippen LogP contribution is 2.11. The van der Waals surface area contributed by atoms with Crippen LogP contribution in [0.3, 0.4) is 0 Å². The number of rotatable bonds is 7. The zero-order chi connectivity index (χ0) is 13.5. The van der Waals surface area contributed by atoms with E-state index >= 15 is 0 Å². The molecule has 0 aromatic carbocycles. The summed E-state index contributed by atoms with van der Waals surface area (Å²) in [6, 6.07) is 3.83. The van der Waals surface area contributed by atoms with Gasteiger partial charge in [-0.3, -0.25) is 4.98 Å². The number of hydrogen-bond donors (Lipinski definition) is 1. The summed E-state index contributed by atoms with van der Waals surface area (Å²) < 4.78 is 10.7. The Morgan fingerprint density at radius 3 is 2.84 bits per heavy atom. The second-order valence-electron chi connectivity index (χ2n) is 4.17. The molecular weight excluding hydrogens is 244 g/mol. The van der Waals surface area contributed by atoms with Crippen LogP contribution in [0.1, 0.15) is 30.8 Å². The minimum Gasteiger partial charge on any atom is -0.482 e. The average molecular weight is 262 g/mol. The number of aromatic nitrogens is 3. The van der Waals surface area contributed by atoms with Crippen LogP contribution >= 0.6 is 0 Å². The van der Waals surface area contributed by atoms with E-state index in [0.29, 0.717) is 17.5 Å². The standard InChI is InChI=1S/C13H18N4O2/c1-3-6-14-7-11-4-5-12(8-15-11)18-9-13-17-16-10(2)19-13/h4-5,8,14H,3,6-7,9H2,1-2H3. The topological polar surface area (TPSA) is 73.1 Å². The maximum Gasteiger partial charge on any atom is 0.253 e. The van der Waals surface area contributed by atoms with Crippen LogP contribution in [0.5, 0.6) is 5.75 Å². The largest absolute Gasteiger partial charge is 0.482 e. The third kappa shape index (κ3) is 4.33. The quantitative estimate of drug-likeness (QED) is 0.768. The molecule has 2 rings (SSSR count). The fourth-order valence-corrected chi connectivity index (χ4v) is 1.54. The van der Waals surface area contributed by atoms with Crippen molar-refractivity contribution in [1.82, 2.24) is 20.5 Å². The van der Waals surface area contributed by atoms with Gasteiger partial charge < -0.3 is 14.5 Å². The van der Waals surface area contributed by atoms with Gasteiger partial charge in [-0.15, -0.1) is 10.2 Å². The molecule has 2 heterocycles. The first-order valence-electron chi connectivity index (χ1n) is 6.35. The first-order chi connectivity index (χ1) is 9.28. The lowest BCUT2D eigenvalue weighted by Gasteiger charge is -2.05. The SMILES string of the molecule is CCCNCc1ccc(OCc2nnc(C)o2)cn1. The minimum atomic E-state index is 0.260. The van der Waals surface area contributed by atoms with E-state index in [1.807, 2.05) is 12.1 Å². The van der Waals surface area contributed by atoms with Gasteiger partial charge in [-0.25, -0.2) is 0 Å². The lowest BCUT2D eigenvalue weighted by Crippen LogP contribution is -2.14. The van der Waals surface area contributed by atoms with E-state index in [1.54, 1.807) is 13.1 Å². The molecule has 0 amide bonds. The highest BCUT2D eigenvalue weighted by molar-refractivity contribution is 5.19. The molecular formula is C13H18N4O2. The van der Waals surface area contributed by atoms with Crippen LogP contribution in [0.4, 0.5) is 0 Å². The Balaban J connectivity index is 1.81. The molecule has 0 radical (unpaired) electrons. The summed E-state index contributed by atoms with van der Waals surface area (Å²) in [6.45, 7) is 5.91. The normalized spacial score (nSPS) is 10.6. The Bertz CT molecular complexity index is 496. The predicted molar refractivity (Wildman–Crippen MR) is 69.6 cm³/mol. The molecule has 0 fully saturated rings. The van der Waals surface area contributed by atoms with Crippen molar-refractivity contribution >= 4 is 0 Å². The van der Waals surface area contributed by atoms with Gasteiger partial charge in [0.2, 0.25) is 5.89 Å². The molecule has 0 spiro atoms. The molecule has 0 bridgehead atoms. The van der Waals surface area contributed by atoms with Gasteiger partial charge in [0.15, 0.2) is 6.61 Å². The van der Waals surface area contributed by atoms with Crippen LogP contribution in [-0.2, 0) is 13.2 Å². The Hall–Kier alpha value is -1.95. The highest BCUT2D eigenvalue weighted by atomic mass is 16.5. The summed E-state index contributed by atoms with van der Waals surface area (Å²) in [5, 5.41) is 10.9. The number of nitrogens with one attached hydrogen (secondary N) is 1. The van der Waals surface area contributed by atoms with Gasteiger partial charge in [-0.05, 0) is 25.1 Å². The molecule has 0 aliphatic rings. The van der Waals surface area contributed by atoms with Crippen LogP contribution in [0.25, 0.3) is 0 Å². The van der Waals surface area contributed by atoms with E-state index in [4.69, 9.17) is 9.15 Å². The Labute approximate surface area is 112 Å². The molecule has 102 valence electrons. The molecule has 0 saturated carbocycles. The van der Waals surface area contributed by atoms with Crippen molar-refractivity contribution in [3.05, 3.63) is 35.8 Å². The van der Waals surface area contributed by atoms with E-state index in [0.717, 1.165) is 25.2 Å². The smallest absolute Gasteiger partial charge is 0.253 e. The van der Waals surface area contributed by atoms with Crippen molar-refractivity contribution in [2.75, 3.05) is 6.54 Å². The third-order valence-electron chi connectivity index (χ3n) is 2.46. The lowest BCUT2D eigenvalue weighted by atomic mass is 10.3. The van der Waals surface area contributed by atoms with Crippen molar-refractivity contribution in [3.8, 4) is 5.75 Å². The summed E-state index contributed by atoms with van der Waals surface area (Å²) in [5.74, 6) is 1.69. The maximum atomic E-state index is 5.51. The summed E-state index contributed by atoms with van der Waals surface area (Å²) in [4.78, 5) is 4.31. The Morgan fingerprint density at radius 2 is 2.21 bits per heavy atom. The van der Waals surface area contributed by atoms with E-state index in [1.165, 1.54) is 0 Å². The summed E-state index contributed by atoms with van der Waals surface area (Å²) in [6.07, 6.45) is 2.82.